The van der Waals surface area contributed by atoms with Gasteiger partial charge in [0.15, 0.2) is 0 Å². The van der Waals surface area contributed by atoms with Gasteiger partial charge in [-0.15, -0.1) is 0 Å². The Morgan fingerprint density at radius 1 is 1.23 bits per heavy atom. The van der Waals surface area contributed by atoms with Gasteiger partial charge in [0.1, 0.15) is 11.4 Å². The molecule has 0 bridgehead atoms. The molecule has 0 aromatic carbocycles. The smallest absolute Gasteiger partial charge is 0.317 e. The summed E-state index contributed by atoms with van der Waals surface area (Å²) >= 11 is 0. The number of carbonyl (C=O) groups is 2. The molecule has 6 heteroatoms. The van der Waals surface area contributed by atoms with Gasteiger partial charge in [0.05, 0.1) is 0 Å². The quantitative estimate of drug-likeness (QED) is 0.841. The molecule has 1 saturated heterocycles. The highest BCUT2D eigenvalue weighted by molar-refractivity contribution is 6.08. The molecule has 1 spiro atoms. The van der Waals surface area contributed by atoms with E-state index in [1.165, 1.54) is 32.1 Å². The highest BCUT2D eigenvalue weighted by Crippen LogP contribution is 2.50. The van der Waals surface area contributed by atoms with Gasteiger partial charge in [0, 0.05) is 39.0 Å². The van der Waals surface area contributed by atoms with Gasteiger partial charge < -0.3 is 15.1 Å². The van der Waals surface area contributed by atoms with Gasteiger partial charge in [-0.3, -0.25) is 9.79 Å². The molecule has 3 fully saturated rings. The molecule has 26 heavy (non-hydrogen) atoms. The van der Waals surface area contributed by atoms with E-state index < -0.39 is 5.54 Å². The first kappa shape index (κ1) is 17.8. The van der Waals surface area contributed by atoms with Crippen LogP contribution in [-0.2, 0) is 4.79 Å². The fourth-order valence-electron chi connectivity index (χ4n) is 5.68. The molecule has 3 amide bonds. The van der Waals surface area contributed by atoms with Crippen LogP contribution in [0.4, 0.5) is 4.79 Å². The zero-order valence-electron chi connectivity index (χ0n) is 16.2. The van der Waals surface area contributed by atoms with Crippen LogP contribution >= 0.6 is 0 Å². The minimum atomic E-state index is -0.594. The maximum atomic E-state index is 12.9. The van der Waals surface area contributed by atoms with Crippen LogP contribution in [-0.4, -0.2) is 59.8 Å². The third kappa shape index (κ3) is 2.81. The SMILES string of the molecule is CCC1=N[C@]2(CC[C@H]3CN(C(=O)NCC4CCCCC4)C[C@H]32)C(=O)N1C. The molecular weight excluding hydrogens is 328 g/mol. The van der Waals surface area contributed by atoms with E-state index in [1.54, 1.807) is 4.90 Å². The zero-order chi connectivity index (χ0) is 18.3. The fraction of sp³-hybridized carbons (Fsp3) is 0.850. The van der Waals surface area contributed by atoms with Gasteiger partial charge in [-0.05, 0) is 37.5 Å². The molecule has 0 unspecified atom stereocenters. The van der Waals surface area contributed by atoms with Gasteiger partial charge >= 0.3 is 6.03 Å². The first-order valence-electron chi connectivity index (χ1n) is 10.4. The van der Waals surface area contributed by atoms with Gasteiger partial charge in [-0.25, -0.2) is 4.79 Å². The van der Waals surface area contributed by atoms with Crippen molar-refractivity contribution in [3.8, 4) is 0 Å². The number of aliphatic imine (C=N–C) groups is 1. The summed E-state index contributed by atoms with van der Waals surface area (Å²) < 4.78 is 0. The van der Waals surface area contributed by atoms with Crippen LogP contribution in [0.15, 0.2) is 4.99 Å². The summed E-state index contributed by atoms with van der Waals surface area (Å²) in [4.78, 5) is 34.2. The Kier molecular flexibility index (Phi) is 4.70. The lowest BCUT2D eigenvalue weighted by molar-refractivity contribution is -0.131. The maximum Gasteiger partial charge on any atom is 0.317 e. The number of fused-ring (bicyclic) bond motifs is 2. The number of rotatable bonds is 3. The number of carbonyl (C=O) groups excluding carboxylic acids is 2. The van der Waals surface area contributed by atoms with Crippen LogP contribution in [0.1, 0.15) is 58.3 Å². The lowest BCUT2D eigenvalue weighted by Gasteiger charge is -2.27. The second-order valence-corrected chi connectivity index (χ2v) is 8.67. The summed E-state index contributed by atoms with van der Waals surface area (Å²) in [5, 5.41) is 3.16. The molecule has 1 N–H and O–H groups in total. The standard InChI is InChI=1S/C20H32N4O2/c1-3-17-22-20(18(25)23(17)2)10-9-15-12-24(13-16(15)20)19(26)21-11-14-7-5-4-6-8-14/h14-16H,3-13H2,1-2H3,(H,21,26)/t15-,16+,20-/m0/s1. The van der Waals surface area contributed by atoms with Gasteiger partial charge in [0.25, 0.3) is 5.91 Å². The second kappa shape index (κ2) is 6.86. The Hall–Kier alpha value is -1.59. The Labute approximate surface area is 156 Å². The molecular formula is C20H32N4O2. The summed E-state index contributed by atoms with van der Waals surface area (Å²) in [6.07, 6.45) is 9.03. The number of nitrogens with one attached hydrogen (secondary N) is 1. The van der Waals surface area contributed by atoms with Crippen LogP contribution in [0.2, 0.25) is 0 Å². The van der Waals surface area contributed by atoms with E-state index >= 15 is 0 Å². The molecule has 0 aromatic rings. The number of likely N-dealkylation sites (N-methyl/N-ethyl adjacent to an activating group) is 1. The van der Waals surface area contributed by atoms with E-state index in [0.29, 0.717) is 18.4 Å². The van der Waals surface area contributed by atoms with E-state index in [1.807, 2.05) is 18.9 Å². The highest BCUT2D eigenvalue weighted by Gasteiger charge is 2.60. The second-order valence-electron chi connectivity index (χ2n) is 8.67. The minimum absolute atomic E-state index is 0.0543. The highest BCUT2D eigenvalue weighted by atomic mass is 16.2. The van der Waals surface area contributed by atoms with Crippen LogP contribution in [0, 0.1) is 17.8 Å². The van der Waals surface area contributed by atoms with Crippen LogP contribution in [0.25, 0.3) is 0 Å². The van der Waals surface area contributed by atoms with Crippen molar-refractivity contribution in [3.63, 3.8) is 0 Å². The maximum absolute atomic E-state index is 12.9. The predicted octanol–water partition coefficient (Wildman–Crippen LogP) is 2.64. The summed E-state index contributed by atoms with van der Waals surface area (Å²) in [6, 6.07) is 0.0543. The molecule has 2 heterocycles. The summed E-state index contributed by atoms with van der Waals surface area (Å²) in [5.41, 5.74) is -0.594. The number of amidine groups is 1. The minimum Gasteiger partial charge on any atom is -0.338 e. The Balaban J connectivity index is 1.39. The molecule has 0 aromatic heterocycles. The average Bonchev–Trinajstić information content (AvgIpc) is 3.30. The van der Waals surface area contributed by atoms with Crippen molar-refractivity contribution < 1.29 is 9.59 Å². The van der Waals surface area contributed by atoms with Crippen LogP contribution in [0.3, 0.4) is 0 Å². The van der Waals surface area contributed by atoms with E-state index in [-0.39, 0.29) is 17.9 Å². The van der Waals surface area contributed by atoms with Crippen molar-refractivity contribution in [2.75, 3.05) is 26.7 Å². The van der Waals surface area contributed by atoms with Gasteiger partial charge in [-0.1, -0.05) is 26.2 Å². The first-order valence-corrected chi connectivity index (χ1v) is 10.4. The molecule has 3 atom stereocenters. The van der Waals surface area contributed by atoms with E-state index in [2.05, 4.69) is 5.32 Å². The van der Waals surface area contributed by atoms with Crippen molar-refractivity contribution in [1.82, 2.24) is 15.1 Å². The van der Waals surface area contributed by atoms with Crippen LogP contribution < -0.4 is 5.32 Å². The molecule has 4 rings (SSSR count). The largest absolute Gasteiger partial charge is 0.338 e. The van der Waals surface area contributed by atoms with E-state index in [9.17, 15) is 9.59 Å². The topological polar surface area (TPSA) is 65.0 Å². The predicted molar refractivity (Wildman–Crippen MR) is 101 cm³/mol. The molecule has 6 nitrogen and oxygen atoms in total. The van der Waals surface area contributed by atoms with E-state index in [4.69, 9.17) is 4.99 Å². The Morgan fingerprint density at radius 2 is 2.00 bits per heavy atom. The van der Waals surface area contributed by atoms with Crippen molar-refractivity contribution in [2.45, 2.75) is 63.8 Å². The van der Waals surface area contributed by atoms with Gasteiger partial charge in [-0.2, -0.15) is 0 Å². The zero-order valence-corrected chi connectivity index (χ0v) is 16.2. The van der Waals surface area contributed by atoms with Gasteiger partial charge in [0.2, 0.25) is 0 Å². The summed E-state index contributed by atoms with van der Waals surface area (Å²) in [5.74, 6) is 2.28. The molecule has 2 aliphatic heterocycles. The number of hydrogen-bond acceptors (Lipinski definition) is 3. The van der Waals surface area contributed by atoms with Crippen molar-refractivity contribution in [3.05, 3.63) is 0 Å². The normalized spacial score (nSPS) is 34.5. The summed E-state index contributed by atoms with van der Waals surface area (Å²) in [7, 11) is 1.84. The fourth-order valence-corrected chi connectivity index (χ4v) is 5.68. The number of likely N-dealkylation sites (tertiary alicyclic amines) is 1. The first-order chi connectivity index (χ1) is 12.5. The van der Waals surface area contributed by atoms with Crippen molar-refractivity contribution in [2.24, 2.45) is 22.7 Å². The lowest BCUT2D eigenvalue weighted by Crippen LogP contribution is -2.47. The van der Waals surface area contributed by atoms with E-state index in [0.717, 1.165) is 38.2 Å². The number of hydrogen-bond donors (Lipinski definition) is 1. The van der Waals surface area contributed by atoms with Crippen molar-refractivity contribution in [1.29, 1.82) is 0 Å². The Morgan fingerprint density at radius 3 is 2.69 bits per heavy atom. The molecule has 0 radical (unpaired) electrons. The molecule has 2 aliphatic carbocycles. The number of amides is 3. The number of urea groups is 1. The van der Waals surface area contributed by atoms with Crippen molar-refractivity contribution >= 4 is 17.8 Å². The molecule has 2 saturated carbocycles. The Bertz CT molecular complexity index is 613. The molecule has 4 aliphatic rings. The lowest BCUT2D eigenvalue weighted by atomic mass is 9.85. The monoisotopic (exact) mass is 360 g/mol. The average molecular weight is 361 g/mol. The number of nitrogens with zero attached hydrogens (tertiary/aromatic N) is 3. The third-order valence-corrected chi connectivity index (χ3v) is 7.21. The molecule has 144 valence electrons. The third-order valence-electron chi connectivity index (χ3n) is 7.21. The summed E-state index contributed by atoms with van der Waals surface area (Å²) in [6.45, 7) is 4.29. The van der Waals surface area contributed by atoms with Crippen LogP contribution in [0.5, 0.6) is 0 Å².